The monoisotopic (exact) mass is 744 g/mol. The van der Waals surface area contributed by atoms with Gasteiger partial charge in [-0.2, -0.15) is 0 Å². The Morgan fingerprint density at radius 1 is 0.588 bits per heavy atom. The smallest absolute Gasteiger partial charge is 0.462 e. The van der Waals surface area contributed by atoms with E-state index >= 15 is 0 Å². The van der Waals surface area contributed by atoms with Crippen LogP contribution in [0.4, 0.5) is 0 Å². The second-order valence-electron chi connectivity index (χ2n) is 13.3. The Morgan fingerprint density at radius 3 is 1.59 bits per heavy atom. The lowest BCUT2D eigenvalue weighted by atomic mass is 10.1. The fraction of sp³-hybridized carbons (Fsp3) is 0.800. The second kappa shape index (κ2) is 36.5. The maximum Gasteiger partial charge on any atom is 0.472 e. The first-order valence-corrected chi connectivity index (χ1v) is 21.4. The first kappa shape index (κ1) is 49.2. The van der Waals surface area contributed by atoms with Gasteiger partial charge in [0.15, 0.2) is 6.10 Å². The van der Waals surface area contributed by atoms with Gasteiger partial charge in [0.2, 0.25) is 0 Å². The van der Waals surface area contributed by atoms with Crippen LogP contribution in [0.5, 0.6) is 0 Å². The van der Waals surface area contributed by atoms with Crippen LogP contribution in [0, 0.1) is 0 Å². The Labute approximate surface area is 310 Å². The first-order valence-electron chi connectivity index (χ1n) is 19.9. The van der Waals surface area contributed by atoms with E-state index in [4.69, 9.17) is 19.1 Å². The summed E-state index contributed by atoms with van der Waals surface area (Å²) in [6, 6.07) is 0. The third-order valence-corrected chi connectivity index (χ3v) is 9.22. The summed E-state index contributed by atoms with van der Waals surface area (Å²) in [4.78, 5) is 34.8. The van der Waals surface area contributed by atoms with E-state index in [0.29, 0.717) is 12.8 Å². The standard InChI is InChI=1S/C40H73O10P/c1-3-5-7-9-11-13-15-16-17-18-19-20-22-24-26-28-30-32-40(44)50-38(36-49-51(45,46)48-34-37(42)33-41)35-47-39(43)31-29-27-25-23-21-14-12-10-8-6-4-2/h10-13,16-17,37-38,41-42H,3-9,14-15,18-36H2,1-2H3,(H,45,46)/b12-10-,13-11-,17-16-/t37-,38+/m0/s1. The fourth-order valence-electron chi connectivity index (χ4n) is 5.12. The normalized spacial score (nSPS) is 14.4. The van der Waals surface area contributed by atoms with Gasteiger partial charge < -0.3 is 24.6 Å². The van der Waals surface area contributed by atoms with Crippen molar-refractivity contribution in [1.29, 1.82) is 0 Å². The molecule has 0 aromatic rings. The first-order chi connectivity index (χ1) is 24.7. The number of aliphatic hydroxyl groups excluding tert-OH is 2. The zero-order chi connectivity index (χ0) is 37.7. The van der Waals surface area contributed by atoms with Crippen LogP contribution in [0.15, 0.2) is 36.5 Å². The largest absolute Gasteiger partial charge is 0.472 e. The van der Waals surface area contributed by atoms with Gasteiger partial charge in [-0.25, -0.2) is 4.57 Å². The van der Waals surface area contributed by atoms with Crippen LogP contribution in [0.25, 0.3) is 0 Å². The van der Waals surface area contributed by atoms with E-state index in [0.717, 1.165) is 77.0 Å². The Morgan fingerprint density at radius 2 is 1.04 bits per heavy atom. The lowest BCUT2D eigenvalue weighted by Crippen LogP contribution is -2.29. The quantitative estimate of drug-likeness (QED) is 0.0243. The number of carbonyl (C=O) groups excluding carboxylic acids is 2. The lowest BCUT2D eigenvalue weighted by molar-refractivity contribution is -0.161. The summed E-state index contributed by atoms with van der Waals surface area (Å²) in [6.45, 7) is 2.28. The number of esters is 2. The molecule has 3 atom stereocenters. The van der Waals surface area contributed by atoms with Crippen molar-refractivity contribution in [1.82, 2.24) is 0 Å². The molecule has 0 spiro atoms. The average molecular weight is 745 g/mol. The zero-order valence-corrected chi connectivity index (χ0v) is 33.0. The van der Waals surface area contributed by atoms with Crippen LogP contribution in [0.3, 0.4) is 0 Å². The van der Waals surface area contributed by atoms with Crippen LogP contribution in [0.1, 0.15) is 168 Å². The molecular weight excluding hydrogens is 671 g/mol. The van der Waals surface area contributed by atoms with Gasteiger partial charge in [-0.3, -0.25) is 18.6 Å². The van der Waals surface area contributed by atoms with Crippen molar-refractivity contribution in [2.45, 2.75) is 180 Å². The number of aliphatic hydroxyl groups is 2. The van der Waals surface area contributed by atoms with Crippen molar-refractivity contribution in [2.75, 3.05) is 26.4 Å². The van der Waals surface area contributed by atoms with Gasteiger partial charge in [0, 0.05) is 12.8 Å². The van der Waals surface area contributed by atoms with Gasteiger partial charge >= 0.3 is 19.8 Å². The van der Waals surface area contributed by atoms with Gasteiger partial charge in [0.25, 0.3) is 0 Å². The number of phosphoric ester groups is 1. The van der Waals surface area contributed by atoms with Crippen molar-refractivity contribution in [3.63, 3.8) is 0 Å². The molecule has 0 fully saturated rings. The van der Waals surface area contributed by atoms with E-state index < -0.39 is 51.8 Å². The van der Waals surface area contributed by atoms with Crippen molar-refractivity contribution >= 4 is 19.8 Å². The van der Waals surface area contributed by atoms with E-state index in [9.17, 15) is 24.2 Å². The molecule has 298 valence electrons. The number of allylic oxidation sites excluding steroid dienone is 6. The molecule has 0 aliphatic rings. The Hall–Kier alpha value is -1.81. The zero-order valence-electron chi connectivity index (χ0n) is 32.1. The van der Waals surface area contributed by atoms with Crippen molar-refractivity contribution in [3.8, 4) is 0 Å². The lowest BCUT2D eigenvalue weighted by Gasteiger charge is -2.20. The van der Waals surface area contributed by atoms with Gasteiger partial charge in [-0.05, 0) is 64.2 Å². The molecule has 0 heterocycles. The van der Waals surface area contributed by atoms with Crippen LogP contribution in [0.2, 0.25) is 0 Å². The van der Waals surface area contributed by atoms with E-state index in [-0.39, 0.29) is 19.4 Å². The molecule has 1 unspecified atom stereocenters. The number of hydrogen-bond acceptors (Lipinski definition) is 9. The third-order valence-electron chi connectivity index (χ3n) is 8.27. The summed E-state index contributed by atoms with van der Waals surface area (Å²) >= 11 is 0. The van der Waals surface area contributed by atoms with Gasteiger partial charge in [0.05, 0.1) is 19.8 Å². The maximum atomic E-state index is 12.6. The molecule has 0 saturated heterocycles. The number of hydrogen-bond donors (Lipinski definition) is 3. The summed E-state index contributed by atoms with van der Waals surface area (Å²) in [5.74, 6) is -0.947. The molecule has 0 rings (SSSR count). The van der Waals surface area contributed by atoms with Crippen molar-refractivity contribution in [3.05, 3.63) is 36.5 Å². The minimum atomic E-state index is -4.61. The molecule has 0 radical (unpaired) electrons. The molecule has 0 amide bonds. The molecular formula is C40H73O10P. The predicted molar refractivity (Wildman–Crippen MR) is 205 cm³/mol. The number of rotatable bonds is 37. The highest BCUT2D eigenvalue weighted by Gasteiger charge is 2.27. The number of phosphoric acid groups is 1. The van der Waals surface area contributed by atoms with Gasteiger partial charge in [-0.1, -0.05) is 127 Å². The van der Waals surface area contributed by atoms with E-state index in [1.807, 2.05) is 0 Å². The van der Waals surface area contributed by atoms with E-state index in [1.165, 1.54) is 51.4 Å². The third kappa shape index (κ3) is 36.3. The summed E-state index contributed by atoms with van der Waals surface area (Å²) < 4.78 is 32.6. The van der Waals surface area contributed by atoms with Crippen LogP contribution < -0.4 is 0 Å². The molecule has 0 saturated carbocycles. The SMILES string of the molecule is CCCC/C=C\CCCCCCCC(=O)OC[C@H](COP(=O)(O)OC[C@@H](O)CO)OC(=O)CCCCCCCCC/C=C\C/C=C\CCCCC. The highest BCUT2D eigenvalue weighted by Crippen LogP contribution is 2.43. The Kier molecular flexibility index (Phi) is 35.2. The summed E-state index contributed by atoms with van der Waals surface area (Å²) in [7, 11) is -4.61. The van der Waals surface area contributed by atoms with E-state index in [1.54, 1.807) is 0 Å². The highest BCUT2D eigenvalue weighted by atomic mass is 31.2. The van der Waals surface area contributed by atoms with Crippen molar-refractivity contribution in [2.24, 2.45) is 0 Å². The molecule has 3 N–H and O–H groups in total. The Bertz CT molecular complexity index is 952. The van der Waals surface area contributed by atoms with Gasteiger partial charge in [-0.15, -0.1) is 0 Å². The maximum absolute atomic E-state index is 12.6. The molecule has 0 aromatic heterocycles. The predicted octanol–water partition coefficient (Wildman–Crippen LogP) is 10.00. The van der Waals surface area contributed by atoms with Crippen LogP contribution >= 0.6 is 7.82 Å². The second-order valence-corrected chi connectivity index (χ2v) is 14.8. The molecule has 51 heavy (non-hydrogen) atoms. The molecule has 0 aromatic carbocycles. The average Bonchev–Trinajstić information content (AvgIpc) is 3.12. The minimum absolute atomic E-state index is 0.173. The van der Waals surface area contributed by atoms with Gasteiger partial charge in [0.1, 0.15) is 12.7 Å². The fourth-order valence-corrected chi connectivity index (χ4v) is 5.91. The highest BCUT2D eigenvalue weighted by molar-refractivity contribution is 7.47. The number of carbonyl (C=O) groups is 2. The molecule has 10 nitrogen and oxygen atoms in total. The summed E-state index contributed by atoms with van der Waals surface area (Å²) in [5.41, 5.74) is 0. The molecule has 0 aliphatic heterocycles. The summed E-state index contributed by atoms with van der Waals surface area (Å²) in [5, 5.41) is 18.3. The van der Waals surface area contributed by atoms with E-state index in [2.05, 4.69) is 54.8 Å². The molecule has 0 aliphatic carbocycles. The number of ether oxygens (including phenoxy) is 2. The number of unbranched alkanes of at least 4 members (excludes halogenated alkanes) is 17. The molecule has 0 bridgehead atoms. The van der Waals surface area contributed by atoms with Crippen LogP contribution in [-0.2, 0) is 32.7 Å². The molecule has 11 heteroatoms. The minimum Gasteiger partial charge on any atom is -0.462 e. The Balaban J connectivity index is 4.35. The summed E-state index contributed by atoms with van der Waals surface area (Å²) in [6.07, 6.45) is 35.4. The van der Waals surface area contributed by atoms with Crippen molar-refractivity contribution < 1.29 is 47.8 Å². The van der Waals surface area contributed by atoms with Crippen LogP contribution in [-0.4, -0.2) is 65.7 Å². The topological polar surface area (TPSA) is 149 Å².